The molecule has 0 bridgehead atoms. The second-order valence-electron chi connectivity index (χ2n) is 8.22. The first kappa shape index (κ1) is 28.9. The number of rotatable bonds is 11. The SMILES string of the molecule is CCCCC=CC(Cl)=N[C@]1(Br)C(=O)N2C(C(=O)OCc3ccc([N+](=O)[O-])cc3)=C(COC(C)=O)CS[C@@H]21. The van der Waals surface area contributed by atoms with Crippen LogP contribution in [0.4, 0.5) is 5.69 Å². The topological polar surface area (TPSA) is 128 Å². The van der Waals surface area contributed by atoms with E-state index in [9.17, 15) is 24.5 Å². The highest BCUT2D eigenvalue weighted by Gasteiger charge is 2.64. The number of esters is 2. The highest BCUT2D eigenvalue weighted by atomic mass is 79.9. The lowest BCUT2D eigenvalue weighted by Crippen LogP contribution is -2.70. The van der Waals surface area contributed by atoms with Crippen LogP contribution < -0.4 is 0 Å². The molecule has 198 valence electrons. The number of nitro groups is 1. The van der Waals surface area contributed by atoms with Gasteiger partial charge in [0.1, 0.15) is 29.5 Å². The Hall–Kier alpha value is -2.70. The van der Waals surface area contributed by atoms with Crippen LogP contribution in [0, 0.1) is 10.1 Å². The molecule has 2 heterocycles. The lowest BCUT2D eigenvalue weighted by Gasteiger charge is -2.52. The summed E-state index contributed by atoms with van der Waals surface area (Å²) in [5, 5.41) is 10.4. The summed E-state index contributed by atoms with van der Waals surface area (Å²) in [6.45, 7) is 2.97. The number of fused-ring (bicyclic) bond motifs is 1. The molecule has 0 saturated carbocycles. The van der Waals surface area contributed by atoms with Gasteiger partial charge in [0.05, 0.1) is 4.92 Å². The Balaban J connectivity index is 1.80. The van der Waals surface area contributed by atoms with Crippen molar-refractivity contribution in [3.05, 3.63) is 63.4 Å². The van der Waals surface area contributed by atoms with E-state index in [0.29, 0.717) is 11.1 Å². The Bertz CT molecular complexity index is 1170. The van der Waals surface area contributed by atoms with Crippen LogP contribution in [-0.4, -0.2) is 55.0 Å². The molecule has 1 fully saturated rings. The van der Waals surface area contributed by atoms with Gasteiger partial charge in [-0.25, -0.2) is 9.79 Å². The molecule has 2 aliphatic heterocycles. The number of β-lactam (4-membered cyclic amide) rings is 1. The third kappa shape index (κ3) is 6.79. The zero-order chi connectivity index (χ0) is 27.2. The Morgan fingerprint density at radius 1 is 1.32 bits per heavy atom. The first-order valence-electron chi connectivity index (χ1n) is 11.4. The molecule has 0 spiro atoms. The number of nitro benzene ring substituents is 1. The number of benzene rings is 1. The van der Waals surface area contributed by atoms with Gasteiger partial charge in [0.15, 0.2) is 0 Å². The molecule has 37 heavy (non-hydrogen) atoms. The third-order valence-corrected chi connectivity index (χ3v) is 8.33. The van der Waals surface area contributed by atoms with Crippen LogP contribution in [0.3, 0.4) is 0 Å². The predicted octanol–water partition coefficient (Wildman–Crippen LogP) is 4.85. The molecule has 0 unspecified atom stereocenters. The molecule has 3 rings (SSSR count). The van der Waals surface area contributed by atoms with E-state index < -0.39 is 32.6 Å². The number of non-ortho nitro benzene ring substituents is 1. The minimum Gasteiger partial charge on any atom is -0.461 e. The summed E-state index contributed by atoms with van der Waals surface area (Å²) in [5.41, 5.74) is 0.839. The molecule has 1 saturated heterocycles. The fraction of sp³-hybridized carbons (Fsp3) is 0.417. The van der Waals surface area contributed by atoms with Gasteiger partial charge in [-0.2, -0.15) is 0 Å². The van der Waals surface area contributed by atoms with Gasteiger partial charge in [0.2, 0.25) is 4.45 Å². The monoisotopic (exact) mass is 613 g/mol. The van der Waals surface area contributed by atoms with Crippen molar-refractivity contribution in [1.29, 1.82) is 0 Å². The first-order valence-corrected chi connectivity index (χ1v) is 13.6. The van der Waals surface area contributed by atoms with Gasteiger partial charge >= 0.3 is 11.9 Å². The van der Waals surface area contributed by atoms with Gasteiger partial charge in [-0.1, -0.05) is 37.4 Å². The zero-order valence-electron chi connectivity index (χ0n) is 20.1. The highest BCUT2D eigenvalue weighted by molar-refractivity contribution is 9.10. The number of carbonyl (C=O) groups is 3. The lowest BCUT2D eigenvalue weighted by atomic mass is 10.0. The van der Waals surface area contributed by atoms with Crippen molar-refractivity contribution in [3.63, 3.8) is 0 Å². The number of nitrogens with zero attached hydrogens (tertiary/aromatic N) is 3. The summed E-state index contributed by atoms with van der Waals surface area (Å²) < 4.78 is 9.17. The third-order valence-electron chi connectivity index (χ3n) is 5.48. The highest BCUT2D eigenvalue weighted by Crippen LogP contribution is 2.51. The number of hydrogen-bond donors (Lipinski definition) is 0. The minimum absolute atomic E-state index is 0.0169. The number of hydrogen-bond acceptors (Lipinski definition) is 9. The Kier molecular flexibility index (Phi) is 9.91. The summed E-state index contributed by atoms with van der Waals surface area (Å²) in [6.07, 6.45) is 6.41. The second kappa shape index (κ2) is 12.7. The Morgan fingerprint density at radius 3 is 2.65 bits per heavy atom. The van der Waals surface area contributed by atoms with Gasteiger partial charge < -0.3 is 9.47 Å². The van der Waals surface area contributed by atoms with Crippen LogP contribution in [-0.2, 0) is 30.5 Å². The summed E-state index contributed by atoms with van der Waals surface area (Å²) in [4.78, 5) is 53.8. The number of ether oxygens (including phenoxy) is 2. The van der Waals surface area contributed by atoms with E-state index in [4.69, 9.17) is 21.1 Å². The molecule has 0 N–H and O–H groups in total. The lowest BCUT2D eigenvalue weighted by molar-refractivity contribution is -0.384. The summed E-state index contributed by atoms with van der Waals surface area (Å²) in [5.74, 6) is -1.54. The zero-order valence-corrected chi connectivity index (χ0v) is 23.3. The maximum absolute atomic E-state index is 13.3. The molecule has 1 amide bonds. The van der Waals surface area contributed by atoms with Crippen molar-refractivity contribution in [1.82, 2.24) is 4.90 Å². The summed E-state index contributed by atoms with van der Waals surface area (Å²) >= 11 is 11.0. The van der Waals surface area contributed by atoms with Crippen molar-refractivity contribution in [2.75, 3.05) is 12.4 Å². The average Bonchev–Trinajstić information content (AvgIpc) is 2.87. The molecule has 2 atom stereocenters. The van der Waals surface area contributed by atoms with Crippen molar-refractivity contribution < 1.29 is 28.8 Å². The van der Waals surface area contributed by atoms with Crippen LogP contribution in [0.2, 0.25) is 0 Å². The minimum atomic E-state index is -1.36. The van der Waals surface area contributed by atoms with Gasteiger partial charge in [0, 0.05) is 30.4 Å². The average molecular weight is 615 g/mol. The predicted molar refractivity (Wildman–Crippen MR) is 143 cm³/mol. The molecule has 0 aliphatic carbocycles. The normalized spacial score (nSPS) is 21.5. The number of aliphatic imine (C=N–C) groups is 1. The van der Waals surface area contributed by atoms with Crippen LogP contribution in [0.1, 0.15) is 38.7 Å². The van der Waals surface area contributed by atoms with Crippen molar-refractivity contribution >= 4 is 68.0 Å². The van der Waals surface area contributed by atoms with Crippen molar-refractivity contribution in [2.45, 2.75) is 49.5 Å². The maximum Gasteiger partial charge on any atom is 0.355 e. The molecule has 10 nitrogen and oxygen atoms in total. The molecule has 0 aromatic heterocycles. The quantitative estimate of drug-likeness (QED) is 0.0506. The van der Waals surface area contributed by atoms with Crippen molar-refractivity contribution in [2.24, 2.45) is 4.99 Å². The number of unbranched alkanes of at least 4 members (excludes halogenated alkanes) is 2. The fourth-order valence-corrected chi connectivity index (χ4v) is 6.19. The maximum atomic E-state index is 13.3. The standard InChI is InChI=1S/C24H25BrClN3O7S/c1-3-4-5-6-7-19(26)27-24(25)22(32)28-20(17(13-35-15(2)30)14-37-23(24)28)21(31)36-12-16-8-10-18(11-9-16)29(33)34/h6-11,23H,3-5,12-14H2,1-2H3/t23-,24-/m1/s1. The first-order chi connectivity index (χ1) is 17.6. The molecular weight excluding hydrogens is 590 g/mol. The number of carbonyl (C=O) groups excluding carboxylic acids is 3. The van der Waals surface area contributed by atoms with Crippen LogP contribution in [0.15, 0.2) is 52.7 Å². The number of halogens is 2. The van der Waals surface area contributed by atoms with E-state index in [1.165, 1.54) is 47.9 Å². The number of allylic oxidation sites excluding steroid dienone is 2. The van der Waals surface area contributed by atoms with Crippen LogP contribution >= 0.6 is 39.3 Å². The van der Waals surface area contributed by atoms with E-state index in [2.05, 4.69) is 27.8 Å². The molecule has 1 aromatic carbocycles. The largest absolute Gasteiger partial charge is 0.461 e. The van der Waals surface area contributed by atoms with Gasteiger partial charge in [0.25, 0.3) is 11.6 Å². The number of amides is 1. The second-order valence-corrected chi connectivity index (χ2v) is 10.9. The van der Waals surface area contributed by atoms with E-state index in [0.717, 1.165) is 19.3 Å². The number of thioether (sulfide) groups is 1. The molecule has 1 aromatic rings. The summed E-state index contributed by atoms with van der Waals surface area (Å²) in [7, 11) is 0. The van der Waals surface area contributed by atoms with Crippen molar-refractivity contribution in [3.8, 4) is 0 Å². The molecule has 0 radical (unpaired) electrons. The van der Waals surface area contributed by atoms with Gasteiger partial charge in [-0.15, -0.1) is 11.8 Å². The van der Waals surface area contributed by atoms with Gasteiger partial charge in [-0.3, -0.25) is 24.6 Å². The molecular formula is C24H25BrClN3O7S. The van der Waals surface area contributed by atoms with Crippen LogP contribution in [0.25, 0.3) is 0 Å². The van der Waals surface area contributed by atoms with E-state index in [1.54, 1.807) is 6.08 Å². The van der Waals surface area contributed by atoms with E-state index in [-0.39, 0.29) is 35.5 Å². The van der Waals surface area contributed by atoms with Gasteiger partial charge in [-0.05, 0) is 46.1 Å². The smallest absolute Gasteiger partial charge is 0.355 e. The molecule has 13 heteroatoms. The fourth-order valence-electron chi connectivity index (χ4n) is 3.58. The summed E-state index contributed by atoms with van der Waals surface area (Å²) in [6, 6.07) is 5.56. The van der Waals surface area contributed by atoms with E-state index >= 15 is 0 Å². The molecule has 2 aliphatic rings. The Morgan fingerprint density at radius 2 is 2.03 bits per heavy atom. The Labute approximate surface area is 231 Å². The van der Waals surface area contributed by atoms with Crippen LogP contribution in [0.5, 0.6) is 0 Å². The number of alkyl halides is 1. The van der Waals surface area contributed by atoms with E-state index in [1.807, 2.05) is 6.08 Å².